The predicted molar refractivity (Wildman–Crippen MR) is 129 cm³/mol. The highest BCUT2D eigenvalue weighted by Crippen LogP contribution is 2.32. The van der Waals surface area contributed by atoms with Crippen molar-refractivity contribution in [3.05, 3.63) is 64.8 Å². The van der Waals surface area contributed by atoms with Crippen LogP contribution in [0.3, 0.4) is 0 Å². The summed E-state index contributed by atoms with van der Waals surface area (Å²) in [5.41, 5.74) is 1.72. The van der Waals surface area contributed by atoms with Crippen LogP contribution in [-0.2, 0) is 10.0 Å². The minimum absolute atomic E-state index is 0.0684. The van der Waals surface area contributed by atoms with Crippen LogP contribution >= 0.6 is 22.9 Å². The number of rotatable bonds is 6. The molecule has 0 radical (unpaired) electrons. The average molecular weight is 502 g/mol. The summed E-state index contributed by atoms with van der Waals surface area (Å²) in [5, 5.41) is 8.44. The quantitative estimate of drug-likeness (QED) is 0.420. The van der Waals surface area contributed by atoms with E-state index in [9.17, 15) is 13.2 Å². The highest BCUT2D eigenvalue weighted by molar-refractivity contribution is 7.89. The fourth-order valence-corrected chi connectivity index (χ4v) is 6.14. The highest BCUT2D eigenvalue weighted by Gasteiger charge is 2.35. The first kappa shape index (κ1) is 22.0. The third kappa shape index (κ3) is 4.15. The summed E-state index contributed by atoms with van der Waals surface area (Å²) in [5.74, 6) is 0.0765. The van der Waals surface area contributed by atoms with Gasteiger partial charge in [-0.25, -0.2) is 13.4 Å². The van der Waals surface area contributed by atoms with Crippen LogP contribution in [0, 0.1) is 6.92 Å². The molecule has 170 valence electrons. The number of aromatic nitrogens is 3. The van der Waals surface area contributed by atoms with Crippen molar-refractivity contribution in [2.24, 2.45) is 0 Å². The maximum atomic E-state index is 12.9. The number of fused-ring (bicyclic) bond motifs is 1. The van der Waals surface area contributed by atoms with E-state index >= 15 is 0 Å². The molecular formula is C22H20ClN5O3S2. The predicted octanol–water partition coefficient (Wildman–Crippen LogP) is 4.48. The third-order valence-electron chi connectivity index (χ3n) is 5.47. The summed E-state index contributed by atoms with van der Waals surface area (Å²) < 4.78 is 29.2. The number of carbonyl (C=O) groups excluding carboxylic acids is 1. The maximum Gasteiger partial charge on any atom is 0.256 e. The van der Waals surface area contributed by atoms with E-state index in [4.69, 9.17) is 11.6 Å². The van der Waals surface area contributed by atoms with E-state index in [0.29, 0.717) is 32.7 Å². The topological polar surface area (TPSA) is 97.2 Å². The minimum Gasteiger partial charge on any atom is -0.306 e. The molecule has 8 nitrogen and oxygen atoms in total. The Morgan fingerprint density at radius 1 is 1.21 bits per heavy atom. The number of anilines is 1. The van der Waals surface area contributed by atoms with Gasteiger partial charge in [0.2, 0.25) is 15.2 Å². The van der Waals surface area contributed by atoms with E-state index in [-0.39, 0.29) is 16.8 Å². The molecule has 33 heavy (non-hydrogen) atoms. The molecule has 2 aromatic carbocycles. The van der Waals surface area contributed by atoms with Crippen LogP contribution in [-0.4, -0.2) is 46.5 Å². The van der Waals surface area contributed by atoms with Crippen LogP contribution < -0.4 is 5.32 Å². The number of amides is 1. The number of sulfonamides is 1. The number of halogens is 1. The Bertz CT molecular complexity index is 1470. The largest absolute Gasteiger partial charge is 0.306 e. The number of para-hydroxylation sites is 1. The standard InChI is InChI=1S/C22H20ClN5O3S2/c1-13-12-19(28(26-13)22-25-20-17(23)4-3-5-18(20)32-22)24-21(29)14-6-10-16(11-7-14)33(30,31)27(2)15-8-9-15/h3-7,10-12,15H,8-9H2,1-2H3,(H,24,29). The first-order valence-corrected chi connectivity index (χ1v) is 12.9. The average Bonchev–Trinajstić information content (AvgIpc) is 3.44. The minimum atomic E-state index is -3.56. The van der Waals surface area contributed by atoms with Crippen LogP contribution in [0.5, 0.6) is 0 Å². The molecule has 0 atom stereocenters. The van der Waals surface area contributed by atoms with Gasteiger partial charge in [0.25, 0.3) is 5.91 Å². The van der Waals surface area contributed by atoms with Crippen molar-refractivity contribution in [2.45, 2.75) is 30.7 Å². The van der Waals surface area contributed by atoms with E-state index in [1.54, 1.807) is 23.9 Å². The maximum absolute atomic E-state index is 12.9. The molecule has 2 aromatic heterocycles. The molecule has 1 aliphatic rings. The molecule has 0 spiro atoms. The third-order valence-corrected chi connectivity index (χ3v) is 8.69. The lowest BCUT2D eigenvalue weighted by atomic mass is 10.2. The molecule has 0 aliphatic heterocycles. The fraction of sp³-hybridized carbons (Fsp3) is 0.227. The lowest BCUT2D eigenvalue weighted by Crippen LogP contribution is -2.29. The van der Waals surface area contributed by atoms with E-state index in [0.717, 1.165) is 17.5 Å². The number of thiazole rings is 1. The van der Waals surface area contributed by atoms with Gasteiger partial charge in [-0.15, -0.1) is 0 Å². The van der Waals surface area contributed by atoms with Gasteiger partial charge in [-0.3, -0.25) is 4.79 Å². The van der Waals surface area contributed by atoms with Gasteiger partial charge in [0, 0.05) is 24.7 Å². The van der Waals surface area contributed by atoms with Crippen molar-refractivity contribution in [2.75, 3.05) is 12.4 Å². The molecule has 1 aliphatic carbocycles. The molecule has 0 saturated heterocycles. The molecule has 1 fully saturated rings. The van der Waals surface area contributed by atoms with E-state index in [2.05, 4.69) is 15.4 Å². The zero-order valence-corrected chi connectivity index (χ0v) is 20.2. The zero-order chi connectivity index (χ0) is 23.3. The van der Waals surface area contributed by atoms with Crippen LogP contribution in [0.25, 0.3) is 15.3 Å². The van der Waals surface area contributed by atoms with Crippen LogP contribution in [0.1, 0.15) is 28.9 Å². The second-order valence-electron chi connectivity index (χ2n) is 7.90. The second-order valence-corrected chi connectivity index (χ2v) is 11.3. The van der Waals surface area contributed by atoms with Crippen molar-refractivity contribution in [3.63, 3.8) is 0 Å². The smallest absolute Gasteiger partial charge is 0.256 e. The lowest BCUT2D eigenvalue weighted by molar-refractivity contribution is 0.102. The summed E-state index contributed by atoms with van der Waals surface area (Å²) in [6.45, 7) is 1.82. The number of nitrogens with one attached hydrogen (secondary N) is 1. The van der Waals surface area contributed by atoms with Crippen molar-refractivity contribution in [1.29, 1.82) is 0 Å². The highest BCUT2D eigenvalue weighted by atomic mass is 35.5. The Hall–Kier alpha value is -2.79. The van der Waals surface area contributed by atoms with Crippen LogP contribution in [0.15, 0.2) is 53.4 Å². The van der Waals surface area contributed by atoms with Crippen molar-refractivity contribution < 1.29 is 13.2 Å². The van der Waals surface area contributed by atoms with Gasteiger partial charge in [-0.1, -0.05) is 29.0 Å². The number of aryl methyl sites for hydroxylation is 1. The summed E-state index contributed by atoms with van der Waals surface area (Å²) in [6.07, 6.45) is 1.76. The number of carbonyl (C=O) groups is 1. The lowest BCUT2D eigenvalue weighted by Gasteiger charge is -2.16. The molecule has 1 N–H and O–H groups in total. The van der Waals surface area contributed by atoms with E-state index in [1.807, 2.05) is 19.1 Å². The normalized spacial score (nSPS) is 14.2. The van der Waals surface area contributed by atoms with Gasteiger partial charge in [-0.2, -0.15) is 14.1 Å². The summed E-state index contributed by atoms with van der Waals surface area (Å²) >= 11 is 7.66. The Morgan fingerprint density at radius 3 is 2.61 bits per heavy atom. The zero-order valence-electron chi connectivity index (χ0n) is 17.8. The molecule has 5 rings (SSSR count). The van der Waals surface area contributed by atoms with Crippen LogP contribution in [0.2, 0.25) is 5.02 Å². The van der Waals surface area contributed by atoms with E-state index < -0.39 is 10.0 Å². The first-order valence-electron chi connectivity index (χ1n) is 10.3. The monoisotopic (exact) mass is 501 g/mol. The SMILES string of the molecule is Cc1cc(NC(=O)c2ccc(S(=O)(=O)N(C)C3CC3)cc2)n(-c2nc3c(Cl)cccc3s2)n1. The van der Waals surface area contributed by atoms with Gasteiger partial charge >= 0.3 is 0 Å². The number of benzene rings is 2. The van der Waals surface area contributed by atoms with Gasteiger partial charge in [0.1, 0.15) is 11.3 Å². The van der Waals surface area contributed by atoms with Crippen LogP contribution in [0.4, 0.5) is 5.82 Å². The summed E-state index contributed by atoms with van der Waals surface area (Å²) in [6, 6.07) is 13.3. The molecule has 2 heterocycles. The Morgan fingerprint density at radius 2 is 1.94 bits per heavy atom. The summed E-state index contributed by atoms with van der Waals surface area (Å²) in [4.78, 5) is 17.6. The fourth-order valence-electron chi connectivity index (χ4n) is 3.50. The Balaban J connectivity index is 1.40. The molecule has 11 heteroatoms. The number of hydrogen-bond donors (Lipinski definition) is 1. The number of nitrogens with zero attached hydrogens (tertiary/aromatic N) is 4. The first-order chi connectivity index (χ1) is 15.7. The van der Waals surface area contributed by atoms with Gasteiger partial charge in [0.15, 0.2) is 0 Å². The molecule has 1 saturated carbocycles. The Kier molecular flexibility index (Phi) is 5.48. The molecular weight excluding hydrogens is 482 g/mol. The summed E-state index contributed by atoms with van der Waals surface area (Å²) in [7, 11) is -1.97. The molecule has 4 aromatic rings. The molecule has 0 bridgehead atoms. The van der Waals surface area contributed by atoms with Gasteiger partial charge in [-0.05, 0) is 56.2 Å². The Labute approximate surface area is 199 Å². The van der Waals surface area contributed by atoms with Gasteiger partial charge in [0.05, 0.1) is 20.3 Å². The second kappa shape index (κ2) is 8.21. The van der Waals surface area contributed by atoms with Crippen molar-refractivity contribution in [1.82, 2.24) is 19.1 Å². The molecule has 1 amide bonds. The van der Waals surface area contributed by atoms with Gasteiger partial charge < -0.3 is 5.32 Å². The molecule has 0 unspecified atom stereocenters. The van der Waals surface area contributed by atoms with Crippen molar-refractivity contribution in [3.8, 4) is 5.13 Å². The number of hydrogen-bond acceptors (Lipinski definition) is 6. The van der Waals surface area contributed by atoms with Crippen molar-refractivity contribution >= 4 is 54.9 Å². The van der Waals surface area contributed by atoms with E-state index in [1.165, 1.54) is 39.9 Å².